The van der Waals surface area contributed by atoms with Crippen molar-refractivity contribution >= 4 is 11.8 Å². The summed E-state index contributed by atoms with van der Waals surface area (Å²) in [4.78, 5) is 25.6. The molecule has 3 nitrogen and oxygen atoms in total. The molecule has 2 fully saturated rings. The number of hydrogen-bond donors (Lipinski definition) is 0. The van der Waals surface area contributed by atoms with E-state index in [1.54, 1.807) is 0 Å². The summed E-state index contributed by atoms with van der Waals surface area (Å²) < 4.78 is 5.65. The first-order valence-electron chi connectivity index (χ1n) is 9.04. The summed E-state index contributed by atoms with van der Waals surface area (Å²) >= 11 is 0. The van der Waals surface area contributed by atoms with Crippen LogP contribution < -0.4 is 0 Å². The Labute approximate surface area is 148 Å². The minimum absolute atomic E-state index is 0.0345. The zero-order valence-corrected chi connectivity index (χ0v) is 14.5. The van der Waals surface area contributed by atoms with E-state index in [0.29, 0.717) is 12.8 Å². The van der Waals surface area contributed by atoms with Gasteiger partial charge in [-0.05, 0) is 54.9 Å². The molecule has 1 aliphatic heterocycles. The summed E-state index contributed by atoms with van der Waals surface area (Å²) in [5, 5.41) is 0. The predicted molar refractivity (Wildman–Crippen MR) is 96.3 cm³/mol. The highest BCUT2D eigenvalue weighted by Gasteiger charge is 2.55. The van der Waals surface area contributed by atoms with E-state index in [1.807, 2.05) is 37.3 Å². The third-order valence-electron chi connectivity index (χ3n) is 5.59. The summed E-state index contributed by atoms with van der Waals surface area (Å²) in [6, 6.07) is 16.1. The summed E-state index contributed by atoms with van der Waals surface area (Å²) in [5.41, 5.74) is 3.11. The van der Waals surface area contributed by atoms with Crippen molar-refractivity contribution in [2.45, 2.75) is 50.5 Å². The average molecular weight is 334 g/mol. The SMILES string of the molecule is Cc1cc(-c2ccccc2)ccc1C1C(=O)OC2(CCCCC2)C1=O. The molecule has 2 aliphatic rings. The van der Waals surface area contributed by atoms with E-state index in [-0.39, 0.29) is 11.8 Å². The molecule has 0 radical (unpaired) electrons. The Balaban J connectivity index is 1.68. The lowest BCUT2D eigenvalue weighted by molar-refractivity contribution is -0.154. The van der Waals surface area contributed by atoms with Gasteiger partial charge in [-0.15, -0.1) is 0 Å². The lowest BCUT2D eigenvalue weighted by atomic mass is 9.77. The Morgan fingerprint density at radius 1 is 0.920 bits per heavy atom. The van der Waals surface area contributed by atoms with Crippen LogP contribution in [0, 0.1) is 6.92 Å². The van der Waals surface area contributed by atoms with Crippen molar-refractivity contribution in [3.8, 4) is 11.1 Å². The molecule has 1 spiro atoms. The van der Waals surface area contributed by atoms with Crippen molar-refractivity contribution in [1.29, 1.82) is 0 Å². The van der Waals surface area contributed by atoms with E-state index in [0.717, 1.165) is 41.5 Å². The van der Waals surface area contributed by atoms with Gasteiger partial charge >= 0.3 is 5.97 Å². The van der Waals surface area contributed by atoms with Crippen molar-refractivity contribution in [2.75, 3.05) is 0 Å². The molecule has 4 rings (SSSR count). The van der Waals surface area contributed by atoms with Crippen LogP contribution in [0.4, 0.5) is 0 Å². The smallest absolute Gasteiger partial charge is 0.322 e. The van der Waals surface area contributed by atoms with Crippen LogP contribution in [0.25, 0.3) is 11.1 Å². The number of carbonyl (C=O) groups is 2. The van der Waals surface area contributed by atoms with E-state index >= 15 is 0 Å². The number of ketones is 1. The Morgan fingerprint density at radius 2 is 1.64 bits per heavy atom. The van der Waals surface area contributed by atoms with Crippen LogP contribution in [-0.4, -0.2) is 17.4 Å². The molecule has 1 saturated carbocycles. The van der Waals surface area contributed by atoms with Crippen LogP contribution in [0.1, 0.15) is 49.1 Å². The highest BCUT2D eigenvalue weighted by atomic mass is 16.6. The maximum Gasteiger partial charge on any atom is 0.322 e. The number of carbonyl (C=O) groups excluding carboxylic acids is 2. The lowest BCUT2D eigenvalue weighted by Crippen LogP contribution is -2.39. The van der Waals surface area contributed by atoms with Crippen LogP contribution in [-0.2, 0) is 14.3 Å². The third kappa shape index (κ3) is 2.68. The van der Waals surface area contributed by atoms with E-state index < -0.39 is 11.5 Å². The quantitative estimate of drug-likeness (QED) is 0.597. The van der Waals surface area contributed by atoms with Gasteiger partial charge in [0.25, 0.3) is 0 Å². The largest absolute Gasteiger partial charge is 0.450 e. The summed E-state index contributed by atoms with van der Waals surface area (Å²) in [6.07, 6.45) is 4.38. The van der Waals surface area contributed by atoms with Gasteiger partial charge in [-0.25, -0.2) is 0 Å². The molecule has 0 aromatic heterocycles. The Morgan fingerprint density at radius 3 is 2.32 bits per heavy atom. The first-order valence-corrected chi connectivity index (χ1v) is 9.04. The average Bonchev–Trinajstić information content (AvgIpc) is 2.86. The van der Waals surface area contributed by atoms with Gasteiger partial charge in [0.1, 0.15) is 5.92 Å². The predicted octanol–water partition coefficient (Wildman–Crippen LogP) is 4.57. The molecule has 25 heavy (non-hydrogen) atoms. The number of benzene rings is 2. The molecule has 1 unspecified atom stereocenters. The molecular formula is C22H22O3. The molecule has 1 saturated heterocycles. The number of ether oxygens (including phenoxy) is 1. The molecule has 2 aromatic rings. The molecular weight excluding hydrogens is 312 g/mol. The van der Waals surface area contributed by atoms with Crippen LogP contribution in [0.15, 0.2) is 48.5 Å². The molecule has 3 heteroatoms. The number of aryl methyl sites for hydroxylation is 1. The topological polar surface area (TPSA) is 43.4 Å². The first kappa shape index (κ1) is 16.1. The molecule has 0 amide bonds. The Kier molecular flexibility index (Phi) is 3.95. The zero-order valence-electron chi connectivity index (χ0n) is 14.5. The number of hydrogen-bond acceptors (Lipinski definition) is 3. The monoisotopic (exact) mass is 334 g/mol. The molecule has 1 aliphatic carbocycles. The molecule has 0 bridgehead atoms. The number of rotatable bonds is 2. The second kappa shape index (κ2) is 6.14. The zero-order chi connectivity index (χ0) is 17.4. The summed E-state index contributed by atoms with van der Waals surface area (Å²) in [7, 11) is 0. The van der Waals surface area contributed by atoms with Crippen LogP contribution in [0.5, 0.6) is 0 Å². The van der Waals surface area contributed by atoms with Gasteiger partial charge in [0.2, 0.25) is 0 Å². The minimum Gasteiger partial charge on any atom is -0.450 e. The molecule has 1 atom stereocenters. The maximum atomic E-state index is 13.1. The second-order valence-corrected chi connectivity index (χ2v) is 7.21. The van der Waals surface area contributed by atoms with Gasteiger partial charge in [-0.1, -0.05) is 55.0 Å². The van der Waals surface area contributed by atoms with E-state index in [2.05, 4.69) is 18.2 Å². The van der Waals surface area contributed by atoms with Crippen molar-refractivity contribution in [3.05, 3.63) is 59.7 Å². The fourth-order valence-corrected chi connectivity index (χ4v) is 4.22. The minimum atomic E-state index is -0.857. The number of esters is 1. The van der Waals surface area contributed by atoms with Crippen molar-refractivity contribution in [1.82, 2.24) is 0 Å². The van der Waals surface area contributed by atoms with Gasteiger partial charge in [-0.2, -0.15) is 0 Å². The molecule has 0 N–H and O–H groups in total. The van der Waals surface area contributed by atoms with E-state index in [4.69, 9.17) is 4.74 Å². The molecule has 1 heterocycles. The van der Waals surface area contributed by atoms with Gasteiger partial charge in [0.15, 0.2) is 11.4 Å². The molecule has 2 aromatic carbocycles. The Bertz CT molecular complexity index is 816. The van der Waals surface area contributed by atoms with Gasteiger partial charge in [0.05, 0.1) is 0 Å². The fourth-order valence-electron chi connectivity index (χ4n) is 4.22. The maximum absolute atomic E-state index is 13.1. The Hall–Kier alpha value is -2.42. The number of Topliss-reactive ketones (excluding diaryl/α,β-unsaturated/α-hetero) is 1. The first-order chi connectivity index (χ1) is 12.1. The van der Waals surface area contributed by atoms with Crippen LogP contribution >= 0.6 is 0 Å². The normalized spacial score (nSPS) is 22.2. The van der Waals surface area contributed by atoms with Gasteiger partial charge in [0, 0.05) is 0 Å². The van der Waals surface area contributed by atoms with Crippen LogP contribution in [0.2, 0.25) is 0 Å². The fraction of sp³-hybridized carbons (Fsp3) is 0.364. The van der Waals surface area contributed by atoms with Crippen LogP contribution in [0.3, 0.4) is 0 Å². The van der Waals surface area contributed by atoms with Crippen molar-refractivity contribution in [2.24, 2.45) is 0 Å². The van der Waals surface area contributed by atoms with Gasteiger partial charge < -0.3 is 4.74 Å². The van der Waals surface area contributed by atoms with Crippen molar-refractivity contribution < 1.29 is 14.3 Å². The van der Waals surface area contributed by atoms with E-state index in [1.165, 1.54) is 0 Å². The summed E-state index contributed by atoms with van der Waals surface area (Å²) in [5.74, 6) is -1.17. The van der Waals surface area contributed by atoms with E-state index in [9.17, 15) is 9.59 Å². The lowest BCUT2D eigenvalue weighted by Gasteiger charge is -2.29. The summed E-state index contributed by atoms with van der Waals surface area (Å²) in [6.45, 7) is 1.97. The van der Waals surface area contributed by atoms with Gasteiger partial charge in [-0.3, -0.25) is 9.59 Å². The molecule has 128 valence electrons. The highest BCUT2D eigenvalue weighted by Crippen LogP contribution is 2.44. The third-order valence-corrected chi connectivity index (χ3v) is 5.59. The van der Waals surface area contributed by atoms with Crippen molar-refractivity contribution in [3.63, 3.8) is 0 Å². The second-order valence-electron chi connectivity index (χ2n) is 7.21. The highest BCUT2D eigenvalue weighted by molar-refractivity contribution is 6.13. The standard InChI is InChI=1S/C22H22O3/c1-15-14-17(16-8-4-2-5-9-16)10-11-18(15)19-20(23)22(25-21(19)24)12-6-3-7-13-22/h2,4-5,8-11,14,19H,3,6-7,12-13H2,1H3.